The van der Waals surface area contributed by atoms with E-state index in [1.54, 1.807) is 0 Å². The van der Waals surface area contributed by atoms with Crippen molar-refractivity contribution in [2.24, 2.45) is 4.99 Å². The Hall–Kier alpha value is -0.220. The largest absolute Gasteiger partial charge is 0.298 e. The Morgan fingerprint density at radius 3 is 2.57 bits per heavy atom. The fourth-order valence-corrected chi connectivity index (χ4v) is 2.84. The number of hydrogen-bond donors (Lipinski definition) is 1. The van der Waals surface area contributed by atoms with Crippen LogP contribution in [0, 0.1) is 0 Å². The maximum Gasteiger partial charge on any atom is 0.171 e. The molecule has 2 heterocycles. The predicted octanol–water partition coefficient (Wildman–Crippen LogP) is 1.86. The van der Waals surface area contributed by atoms with Crippen LogP contribution in [-0.2, 0) is 0 Å². The molecule has 2 aliphatic rings. The van der Waals surface area contributed by atoms with Gasteiger partial charge in [0.05, 0.1) is 5.54 Å². The van der Waals surface area contributed by atoms with Gasteiger partial charge in [0.2, 0.25) is 0 Å². The maximum atomic E-state index is 4.64. The molecular weight excluding hydrogens is 194 g/mol. The van der Waals surface area contributed by atoms with Crippen molar-refractivity contribution < 1.29 is 0 Å². The first-order valence-electron chi connectivity index (χ1n) is 5.40. The number of amidine groups is 1. The molecule has 2 aliphatic heterocycles. The molecule has 2 rings (SSSR count). The van der Waals surface area contributed by atoms with Gasteiger partial charge in [-0.3, -0.25) is 10.4 Å². The van der Waals surface area contributed by atoms with Gasteiger partial charge in [-0.25, -0.2) is 5.01 Å². The van der Waals surface area contributed by atoms with E-state index < -0.39 is 0 Å². The number of hydrazine groups is 1. The van der Waals surface area contributed by atoms with Crippen molar-refractivity contribution in [1.29, 1.82) is 0 Å². The maximum absolute atomic E-state index is 4.64. The van der Waals surface area contributed by atoms with Crippen molar-refractivity contribution >= 4 is 16.9 Å². The van der Waals surface area contributed by atoms with Gasteiger partial charge in [-0.15, -0.1) is 0 Å². The lowest BCUT2D eigenvalue weighted by molar-refractivity contribution is 0.196. The van der Waals surface area contributed by atoms with E-state index >= 15 is 0 Å². The molecule has 1 fully saturated rings. The van der Waals surface area contributed by atoms with Gasteiger partial charge in [0.15, 0.2) is 5.17 Å². The summed E-state index contributed by atoms with van der Waals surface area (Å²) in [5, 5.41) is 3.41. The SMILES string of the molecule is CC1(C)CSC(NN2CCCCC2)=N1. The highest BCUT2D eigenvalue weighted by atomic mass is 32.2. The lowest BCUT2D eigenvalue weighted by atomic mass is 10.1. The second-order valence-corrected chi connectivity index (χ2v) is 5.64. The average molecular weight is 213 g/mol. The molecule has 14 heavy (non-hydrogen) atoms. The van der Waals surface area contributed by atoms with E-state index in [2.05, 4.69) is 29.3 Å². The molecule has 80 valence electrons. The number of hydrogen-bond acceptors (Lipinski definition) is 4. The van der Waals surface area contributed by atoms with Gasteiger partial charge in [-0.1, -0.05) is 18.2 Å². The van der Waals surface area contributed by atoms with Crippen LogP contribution in [0.3, 0.4) is 0 Å². The van der Waals surface area contributed by atoms with E-state index in [4.69, 9.17) is 0 Å². The quantitative estimate of drug-likeness (QED) is 0.720. The van der Waals surface area contributed by atoms with E-state index in [-0.39, 0.29) is 5.54 Å². The van der Waals surface area contributed by atoms with Crippen molar-refractivity contribution in [2.45, 2.75) is 38.6 Å². The van der Waals surface area contributed by atoms with Crippen molar-refractivity contribution in [2.75, 3.05) is 18.8 Å². The molecule has 0 spiro atoms. The third kappa shape index (κ3) is 2.64. The number of rotatable bonds is 1. The number of thioether (sulfide) groups is 1. The second-order valence-electron chi connectivity index (χ2n) is 4.68. The van der Waals surface area contributed by atoms with Crippen molar-refractivity contribution in [3.05, 3.63) is 0 Å². The highest BCUT2D eigenvalue weighted by Gasteiger charge is 2.26. The molecular formula is C10H19N3S. The van der Waals surface area contributed by atoms with Gasteiger partial charge in [-0.05, 0) is 26.7 Å². The van der Waals surface area contributed by atoms with Crippen LogP contribution < -0.4 is 5.43 Å². The summed E-state index contributed by atoms with van der Waals surface area (Å²) < 4.78 is 0. The van der Waals surface area contributed by atoms with Gasteiger partial charge < -0.3 is 0 Å². The second kappa shape index (κ2) is 4.11. The summed E-state index contributed by atoms with van der Waals surface area (Å²) in [5.74, 6) is 1.10. The van der Waals surface area contributed by atoms with E-state index in [9.17, 15) is 0 Å². The van der Waals surface area contributed by atoms with Crippen LogP contribution in [0.25, 0.3) is 0 Å². The average Bonchev–Trinajstić information content (AvgIpc) is 2.47. The van der Waals surface area contributed by atoms with Crippen LogP contribution in [0.2, 0.25) is 0 Å². The molecule has 1 N–H and O–H groups in total. The zero-order valence-corrected chi connectivity index (χ0v) is 9.86. The van der Waals surface area contributed by atoms with Crippen LogP contribution in [-0.4, -0.2) is 34.6 Å². The molecule has 0 unspecified atom stereocenters. The molecule has 0 aromatic heterocycles. The molecule has 1 saturated heterocycles. The number of nitrogens with zero attached hydrogens (tertiary/aromatic N) is 2. The monoisotopic (exact) mass is 213 g/mol. The summed E-state index contributed by atoms with van der Waals surface area (Å²) in [5.41, 5.74) is 3.55. The molecule has 0 radical (unpaired) electrons. The lowest BCUT2D eigenvalue weighted by Gasteiger charge is -2.27. The minimum atomic E-state index is 0.128. The summed E-state index contributed by atoms with van der Waals surface area (Å²) >= 11 is 1.84. The topological polar surface area (TPSA) is 27.6 Å². The first-order valence-corrected chi connectivity index (χ1v) is 6.39. The molecule has 0 aliphatic carbocycles. The summed E-state index contributed by atoms with van der Waals surface area (Å²) in [6, 6.07) is 0. The molecule has 0 saturated carbocycles. The van der Waals surface area contributed by atoms with Crippen LogP contribution in [0.15, 0.2) is 4.99 Å². The Labute approximate surface area is 90.3 Å². The fourth-order valence-electron chi connectivity index (χ4n) is 1.78. The Balaban J connectivity index is 1.85. The highest BCUT2D eigenvalue weighted by molar-refractivity contribution is 8.14. The van der Waals surface area contributed by atoms with Crippen molar-refractivity contribution in [1.82, 2.24) is 10.4 Å². The third-order valence-corrected chi connectivity index (χ3v) is 3.88. The van der Waals surface area contributed by atoms with Crippen LogP contribution in [0.4, 0.5) is 0 Å². The van der Waals surface area contributed by atoms with E-state index in [0.29, 0.717) is 0 Å². The zero-order chi connectivity index (χ0) is 10.0. The molecule has 0 bridgehead atoms. The van der Waals surface area contributed by atoms with Gasteiger partial charge in [-0.2, -0.15) is 0 Å². The van der Waals surface area contributed by atoms with Gasteiger partial charge in [0.25, 0.3) is 0 Å². The Morgan fingerprint density at radius 1 is 1.29 bits per heavy atom. The summed E-state index contributed by atoms with van der Waals surface area (Å²) in [7, 11) is 0. The minimum absolute atomic E-state index is 0.128. The predicted molar refractivity (Wildman–Crippen MR) is 62.5 cm³/mol. The molecule has 0 amide bonds. The van der Waals surface area contributed by atoms with Crippen LogP contribution in [0.5, 0.6) is 0 Å². The third-order valence-electron chi connectivity index (χ3n) is 2.58. The molecule has 0 atom stereocenters. The van der Waals surface area contributed by atoms with Crippen LogP contribution >= 0.6 is 11.8 Å². The fraction of sp³-hybridized carbons (Fsp3) is 0.900. The minimum Gasteiger partial charge on any atom is -0.298 e. The summed E-state index contributed by atoms with van der Waals surface area (Å²) in [6.45, 7) is 6.70. The molecule has 4 heteroatoms. The molecule has 0 aromatic rings. The number of piperidine rings is 1. The lowest BCUT2D eigenvalue weighted by Crippen LogP contribution is -2.43. The Morgan fingerprint density at radius 2 is 2.00 bits per heavy atom. The molecule has 3 nitrogen and oxygen atoms in total. The Bertz CT molecular complexity index is 232. The molecule has 0 aromatic carbocycles. The first kappa shape index (κ1) is 10.3. The van der Waals surface area contributed by atoms with E-state index in [0.717, 1.165) is 10.9 Å². The highest BCUT2D eigenvalue weighted by Crippen LogP contribution is 2.26. The Kier molecular flexibility index (Phi) is 3.02. The zero-order valence-electron chi connectivity index (χ0n) is 9.05. The van der Waals surface area contributed by atoms with Gasteiger partial charge >= 0.3 is 0 Å². The summed E-state index contributed by atoms with van der Waals surface area (Å²) in [6.07, 6.45) is 4.01. The normalized spacial score (nSPS) is 27.4. The smallest absolute Gasteiger partial charge is 0.171 e. The van der Waals surface area contributed by atoms with E-state index in [1.165, 1.54) is 32.4 Å². The van der Waals surface area contributed by atoms with Crippen molar-refractivity contribution in [3.8, 4) is 0 Å². The van der Waals surface area contributed by atoms with Crippen LogP contribution in [0.1, 0.15) is 33.1 Å². The van der Waals surface area contributed by atoms with Gasteiger partial charge in [0.1, 0.15) is 0 Å². The first-order chi connectivity index (χ1) is 6.66. The number of nitrogens with one attached hydrogen (secondary N) is 1. The standard InChI is InChI=1S/C10H19N3S/c1-10(2)8-14-9(11-10)12-13-6-4-3-5-7-13/h3-8H2,1-2H3,(H,11,12). The van der Waals surface area contributed by atoms with Gasteiger partial charge in [0, 0.05) is 18.8 Å². The van der Waals surface area contributed by atoms with Crippen molar-refractivity contribution in [3.63, 3.8) is 0 Å². The van der Waals surface area contributed by atoms with E-state index in [1.807, 2.05) is 11.8 Å². The number of aliphatic imine (C=N–C) groups is 1. The summed E-state index contributed by atoms with van der Waals surface area (Å²) in [4.78, 5) is 4.64.